The van der Waals surface area contributed by atoms with Crippen molar-refractivity contribution in [2.45, 2.75) is 12.8 Å². The molecule has 2 N–H and O–H groups in total. The molecule has 0 saturated carbocycles. The number of carbonyl (C=O) groups is 4. The summed E-state index contributed by atoms with van der Waals surface area (Å²) in [6.45, 7) is 3.12. The normalized spacial score (nSPS) is 13.7. The summed E-state index contributed by atoms with van der Waals surface area (Å²) in [4.78, 5) is 53.0. The van der Waals surface area contributed by atoms with Gasteiger partial charge >= 0.3 is 35.5 Å². The van der Waals surface area contributed by atoms with E-state index in [1.165, 1.54) is 18.6 Å². The summed E-state index contributed by atoms with van der Waals surface area (Å²) in [5.74, 6) is -1.71. The van der Waals surface area contributed by atoms with Crippen LogP contribution in [-0.4, -0.2) is 82.2 Å². The number of ether oxygens (including phenoxy) is 1. The molecule has 196 valence electrons. The first-order valence-corrected chi connectivity index (χ1v) is 12.0. The van der Waals surface area contributed by atoms with Gasteiger partial charge in [0, 0.05) is 50.4 Å². The molecule has 6 rings (SSSR count). The van der Waals surface area contributed by atoms with Crippen molar-refractivity contribution in [2.75, 3.05) is 38.7 Å². The molecule has 0 spiro atoms. The molecule has 0 aromatic carbocycles. The molecule has 0 atom stereocenters. The van der Waals surface area contributed by atoms with Crippen LogP contribution < -0.4 is 34.7 Å². The Balaban J connectivity index is 0.000000171. The van der Waals surface area contributed by atoms with E-state index >= 15 is 0 Å². The van der Waals surface area contributed by atoms with Gasteiger partial charge in [0.1, 0.15) is 11.6 Å². The molecule has 14 heteroatoms. The zero-order chi connectivity index (χ0) is 26.4. The van der Waals surface area contributed by atoms with Crippen molar-refractivity contribution in [1.29, 1.82) is 0 Å². The Bertz CT molecular complexity index is 1340. The predicted octanol–water partition coefficient (Wildman–Crippen LogP) is -1.26. The molecule has 0 aliphatic carbocycles. The van der Waals surface area contributed by atoms with Crippen LogP contribution in [0.3, 0.4) is 0 Å². The molecule has 2 fully saturated rings. The van der Waals surface area contributed by atoms with E-state index in [2.05, 4.69) is 9.97 Å². The zero-order valence-electron chi connectivity index (χ0n) is 20.7. The Morgan fingerprint density at radius 2 is 1.37 bits per heavy atom. The number of hydrogen-bond donors (Lipinski definition) is 2. The first-order valence-electron chi connectivity index (χ1n) is 11.5. The SMILES string of the molecule is O=C(CCl)N1CCC1.O=C(OCC(=O)N1CCC1)c1cc2occc2[nH]1.O=C([O-])c1cc2occc2[nH]1.[Na+]. The number of amides is 2. The van der Waals surface area contributed by atoms with Gasteiger partial charge in [0.25, 0.3) is 5.91 Å². The van der Waals surface area contributed by atoms with Gasteiger partial charge in [-0.15, -0.1) is 11.6 Å². The Morgan fingerprint density at radius 1 is 0.868 bits per heavy atom. The van der Waals surface area contributed by atoms with Gasteiger partial charge in [0.2, 0.25) is 5.91 Å². The van der Waals surface area contributed by atoms with E-state index in [0.717, 1.165) is 44.5 Å². The number of rotatable bonds is 5. The second-order valence-corrected chi connectivity index (χ2v) is 8.50. The van der Waals surface area contributed by atoms with Gasteiger partial charge in [-0.2, -0.15) is 0 Å². The molecule has 2 saturated heterocycles. The number of aromatic nitrogens is 2. The Kier molecular flexibility index (Phi) is 10.5. The van der Waals surface area contributed by atoms with E-state index in [0.29, 0.717) is 22.4 Å². The van der Waals surface area contributed by atoms with Gasteiger partial charge in [0.15, 0.2) is 17.8 Å². The van der Waals surface area contributed by atoms with Crippen LogP contribution >= 0.6 is 11.6 Å². The van der Waals surface area contributed by atoms with Crippen molar-refractivity contribution in [3.05, 3.63) is 48.2 Å². The maximum atomic E-state index is 11.7. The van der Waals surface area contributed by atoms with Crippen LogP contribution in [0.5, 0.6) is 0 Å². The minimum Gasteiger partial charge on any atom is -0.543 e. The summed E-state index contributed by atoms with van der Waals surface area (Å²) in [6, 6.07) is 6.33. The number of fused-ring (bicyclic) bond motifs is 2. The average molecular weight is 555 g/mol. The number of carbonyl (C=O) groups excluding carboxylic acids is 4. The smallest absolute Gasteiger partial charge is 0.543 e. The molecule has 0 bridgehead atoms. The molecule has 4 aromatic heterocycles. The summed E-state index contributed by atoms with van der Waals surface area (Å²) >= 11 is 5.27. The number of aromatic amines is 2. The largest absolute Gasteiger partial charge is 1.00 e. The topological polar surface area (TPSA) is 165 Å². The number of H-pyrrole nitrogens is 2. The molecule has 2 aliphatic rings. The van der Waals surface area contributed by atoms with Crippen molar-refractivity contribution in [2.24, 2.45) is 0 Å². The Morgan fingerprint density at radius 3 is 1.79 bits per heavy atom. The average Bonchev–Trinajstić information content (AvgIpc) is 3.56. The van der Waals surface area contributed by atoms with Crippen molar-refractivity contribution in [3.8, 4) is 0 Å². The summed E-state index contributed by atoms with van der Waals surface area (Å²) < 4.78 is 15.0. The number of esters is 1. The monoisotopic (exact) mass is 554 g/mol. The van der Waals surface area contributed by atoms with Crippen molar-refractivity contribution >= 4 is 57.6 Å². The first kappa shape index (κ1) is 29.4. The van der Waals surface area contributed by atoms with Crippen LogP contribution in [0.1, 0.15) is 33.8 Å². The Labute approximate surface area is 243 Å². The van der Waals surface area contributed by atoms with Crippen molar-refractivity contribution in [1.82, 2.24) is 19.8 Å². The minimum absolute atomic E-state index is 0. The number of carboxylic acid groups (broad SMARTS) is 1. The number of furan rings is 2. The van der Waals surface area contributed by atoms with E-state index < -0.39 is 11.9 Å². The molecule has 0 unspecified atom stereocenters. The number of alkyl halides is 1. The van der Waals surface area contributed by atoms with Gasteiger partial charge in [-0.1, -0.05) is 0 Å². The summed E-state index contributed by atoms with van der Waals surface area (Å²) in [6.07, 6.45) is 5.18. The van der Waals surface area contributed by atoms with Crippen LogP contribution in [0.25, 0.3) is 22.2 Å². The number of likely N-dealkylation sites (tertiary alicyclic amines) is 2. The third-order valence-electron chi connectivity index (χ3n) is 5.78. The number of nitrogens with zero attached hydrogens (tertiary/aromatic N) is 2. The molecule has 0 radical (unpaired) electrons. The van der Waals surface area contributed by atoms with Gasteiger partial charge < -0.3 is 43.2 Å². The van der Waals surface area contributed by atoms with Crippen molar-refractivity contribution < 1.29 is 67.4 Å². The maximum Gasteiger partial charge on any atom is 1.00 e. The predicted molar refractivity (Wildman–Crippen MR) is 129 cm³/mol. The number of halogens is 1. The molecule has 12 nitrogen and oxygen atoms in total. The van der Waals surface area contributed by atoms with E-state index in [4.69, 9.17) is 25.2 Å². The van der Waals surface area contributed by atoms with Crippen LogP contribution in [0.4, 0.5) is 0 Å². The van der Waals surface area contributed by atoms with Gasteiger partial charge in [0.05, 0.1) is 35.2 Å². The number of hydrogen-bond acceptors (Lipinski definition) is 8. The third-order valence-corrected chi connectivity index (χ3v) is 6.01. The first-order chi connectivity index (χ1) is 17.9. The van der Waals surface area contributed by atoms with Crippen molar-refractivity contribution in [3.63, 3.8) is 0 Å². The van der Waals surface area contributed by atoms with Gasteiger partial charge in [-0.25, -0.2) is 4.79 Å². The second kappa shape index (κ2) is 13.6. The third kappa shape index (κ3) is 7.22. The van der Waals surface area contributed by atoms with E-state index in [1.807, 2.05) is 0 Å². The molecular formula is C24H24ClN4NaO8. The number of nitrogens with one attached hydrogen (secondary N) is 2. The minimum atomic E-state index is -1.23. The molecule has 2 amide bonds. The second-order valence-electron chi connectivity index (χ2n) is 8.23. The number of carboxylic acids is 1. The Hall–Kier alpha value is -3.19. The molecule has 38 heavy (non-hydrogen) atoms. The van der Waals surface area contributed by atoms with E-state index in [-0.39, 0.29) is 59.6 Å². The van der Waals surface area contributed by atoms with E-state index in [9.17, 15) is 24.3 Å². The van der Waals surface area contributed by atoms with Gasteiger partial charge in [-0.3, -0.25) is 9.59 Å². The molecular weight excluding hydrogens is 531 g/mol. The van der Waals surface area contributed by atoms with Crippen LogP contribution in [-0.2, 0) is 14.3 Å². The van der Waals surface area contributed by atoms with Crippen LogP contribution in [0, 0.1) is 0 Å². The molecule has 6 heterocycles. The summed E-state index contributed by atoms with van der Waals surface area (Å²) in [7, 11) is 0. The van der Waals surface area contributed by atoms with Gasteiger partial charge in [-0.05, 0) is 12.8 Å². The zero-order valence-corrected chi connectivity index (χ0v) is 23.4. The van der Waals surface area contributed by atoms with Crippen LogP contribution in [0.15, 0.2) is 45.6 Å². The standard InChI is InChI=1S/C12H12N2O4.C7H5NO3.C5H8ClNO.Na/c15-11(14-3-1-4-14)7-18-12(16)9-6-10-8(13-9)2-5-17-10;9-7(10)5-3-6-4(8-5)1-2-11-6;6-4-5(8)7-2-1-3-7;/h2,5-6,13H,1,3-4,7H2;1-3,8H,(H,9,10);1-4H2;/q;;;+1/p-1. The fourth-order valence-electron chi connectivity index (χ4n) is 3.43. The van der Waals surface area contributed by atoms with Crippen LogP contribution in [0.2, 0.25) is 0 Å². The quantitative estimate of drug-likeness (QED) is 0.175. The fourth-order valence-corrected chi connectivity index (χ4v) is 3.60. The summed E-state index contributed by atoms with van der Waals surface area (Å²) in [5, 5.41) is 10.3. The summed E-state index contributed by atoms with van der Waals surface area (Å²) in [5.41, 5.74) is 2.86. The maximum absolute atomic E-state index is 11.7. The molecule has 4 aromatic rings. The molecule has 2 aliphatic heterocycles. The fraction of sp³-hybridized carbons (Fsp3) is 0.333. The number of aromatic carboxylic acids is 1. The van der Waals surface area contributed by atoms with E-state index in [1.54, 1.807) is 28.0 Å².